The summed E-state index contributed by atoms with van der Waals surface area (Å²) in [6.45, 7) is 3.86. The van der Waals surface area contributed by atoms with E-state index in [9.17, 15) is 9.18 Å². The zero-order valence-electron chi connectivity index (χ0n) is 19.1. The van der Waals surface area contributed by atoms with Crippen LogP contribution in [0.1, 0.15) is 17.0 Å². The molecule has 0 unspecified atom stereocenters. The number of halogens is 1. The summed E-state index contributed by atoms with van der Waals surface area (Å²) in [5, 5.41) is 0. The number of para-hydroxylation sites is 1. The van der Waals surface area contributed by atoms with Crippen molar-refractivity contribution in [1.82, 2.24) is 9.80 Å². The molecule has 174 valence electrons. The average Bonchev–Trinajstić information content (AvgIpc) is 3.19. The SMILES string of the molecule is COCCN(C[C@H]1CN(Cc2ccccc2OC)C[C@H]1c1cccc(F)c1)C(=O)COC. The van der Waals surface area contributed by atoms with Crippen LogP contribution in [0.5, 0.6) is 5.75 Å². The van der Waals surface area contributed by atoms with Crippen molar-refractivity contribution < 1.29 is 23.4 Å². The number of methoxy groups -OCH3 is 3. The first-order valence-electron chi connectivity index (χ1n) is 10.9. The van der Waals surface area contributed by atoms with Gasteiger partial charge in [0.2, 0.25) is 5.91 Å². The second-order valence-corrected chi connectivity index (χ2v) is 8.19. The molecule has 1 fully saturated rings. The van der Waals surface area contributed by atoms with Gasteiger partial charge in [-0.05, 0) is 29.7 Å². The summed E-state index contributed by atoms with van der Waals surface area (Å²) in [7, 11) is 4.82. The number of amides is 1. The van der Waals surface area contributed by atoms with Crippen LogP contribution in [0.2, 0.25) is 0 Å². The molecule has 1 aliphatic heterocycles. The zero-order valence-corrected chi connectivity index (χ0v) is 19.1. The quantitative estimate of drug-likeness (QED) is 0.533. The minimum Gasteiger partial charge on any atom is -0.496 e. The molecule has 1 aliphatic rings. The van der Waals surface area contributed by atoms with E-state index in [4.69, 9.17) is 14.2 Å². The largest absolute Gasteiger partial charge is 0.496 e. The fourth-order valence-corrected chi connectivity index (χ4v) is 4.48. The summed E-state index contributed by atoms with van der Waals surface area (Å²) in [4.78, 5) is 16.8. The van der Waals surface area contributed by atoms with Gasteiger partial charge in [-0.15, -0.1) is 0 Å². The third-order valence-electron chi connectivity index (χ3n) is 6.02. The Morgan fingerprint density at radius 2 is 1.91 bits per heavy atom. The highest BCUT2D eigenvalue weighted by Gasteiger charge is 2.36. The topological polar surface area (TPSA) is 51.2 Å². The van der Waals surface area contributed by atoms with Gasteiger partial charge in [-0.2, -0.15) is 0 Å². The van der Waals surface area contributed by atoms with Crippen molar-refractivity contribution in [3.8, 4) is 5.75 Å². The molecule has 0 bridgehead atoms. The Hall–Kier alpha value is -2.48. The molecular formula is C25H33FN2O4. The van der Waals surface area contributed by atoms with E-state index in [0.29, 0.717) is 19.7 Å². The fourth-order valence-electron chi connectivity index (χ4n) is 4.48. The van der Waals surface area contributed by atoms with Crippen molar-refractivity contribution in [1.29, 1.82) is 0 Å². The number of benzene rings is 2. The number of carbonyl (C=O) groups is 1. The lowest BCUT2D eigenvalue weighted by Crippen LogP contribution is -2.41. The van der Waals surface area contributed by atoms with E-state index in [1.54, 1.807) is 31.3 Å². The molecule has 1 saturated heterocycles. The number of rotatable bonds is 11. The first kappa shape index (κ1) is 24.2. The Kier molecular flexibility index (Phi) is 9.02. The molecule has 0 spiro atoms. The van der Waals surface area contributed by atoms with Crippen LogP contribution in [0.15, 0.2) is 48.5 Å². The normalized spacial score (nSPS) is 18.6. The standard InChI is InChI=1S/C25H33FN2O4/c1-30-12-11-28(25(29)18-31-2)16-21-15-27(14-20-7-4-5-10-24(20)32-3)17-23(21)19-8-6-9-22(26)13-19/h4-10,13,21,23H,11-12,14-18H2,1-3H3/t21-,23+/m1/s1. The Labute approximate surface area is 189 Å². The highest BCUT2D eigenvalue weighted by molar-refractivity contribution is 5.77. The molecule has 0 aliphatic carbocycles. The molecule has 32 heavy (non-hydrogen) atoms. The molecule has 2 aromatic rings. The molecule has 0 aromatic heterocycles. The van der Waals surface area contributed by atoms with Gasteiger partial charge >= 0.3 is 0 Å². The number of nitrogens with zero attached hydrogens (tertiary/aromatic N) is 2. The van der Waals surface area contributed by atoms with Crippen LogP contribution in [-0.2, 0) is 20.8 Å². The van der Waals surface area contributed by atoms with E-state index < -0.39 is 0 Å². The van der Waals surface area contributed by atoms with E-state index in [0.717, 1.165) is 36.5 Å². The van der Waals surface area contributed by atoms with Crippen molar-refractivity contribution in [2.45, 2.75) is 12.5 Å². The van der Waals surface area contributed by atoms with E-state index in [2.05, 4.69) is 11.0 Å². The summed E-state index contributed by atoms with van der Waals surface area (Å²) >= 11 is 0. The maximum atomic E-state index is 14.0. The summed E-state index contributed by atoms with van der Waals surface area (Å²) in [6, 6.07) is 14.8. The second kappa shape index (κ2) is 11.9. The zero-order chi connectivity index (χ0) is 22.9. The van der Waals surface area contributed by atoms with Gasteiger partial charge in [0, 0.05) is 58.4 Å². The summed E-state index contributed by atoms with van der Waals surface area (Å²) in [5.41, 5.74) is 2.07. The monoisotopic (exact) mass is 444 g/mol. The van der Waals surface area contributed by atoms with Crippen LogP contribution < -0.4 is 4.74 Å². The number of carbonyl (C=O) groups excluding carboxylic acids is 1. The highest BCUT2D eigenvalue weighted by atomic mass is 19.1. The minimum atomic E-state index is -0.240. The predicted octanol–water partition coefficient (Wildman–Crippen LogP) is 3.17. The van der Waals surface area contributed by atoms with Gasteiger partial charge in [0.25, 0.3) is 0 Å². The van der Waals surface area contributed by atoms with Crippen molar-refractivity contribution in [2.24, 2.45) is 5.92 Å². The van der Waals surface area contributed by atoms with E-state index in [-0.39, 0.29) is 30.2 Å². The molecular weight excluding hydrogens is 411 g/mol. The van der Waals surface area contributed by atoms with Crippen molar-refractivity contribution in [3.05, 3.63) is 65.5 Å². The molecule has 1 amide bonds. The van der Waals surface area contributed by atoms with Crippen LogP contribution in [0.4, 0.5) is 4.39 Å². The van der Waals surface area contributed by atoms with Gasteiger partial charge in [-0.1, -0.05) is 30.3 Å². The molecule has 3 rings (SSSR count). The second-order valence-electron chi connectivity index (χ2n) is 8.19. The van der Waals surface area contributed by atoms with Crippen molar-refractivity contribution in [3.63, 3.8) is 0 Å². The highest BCUT2D eigenvalue weighted by Crippen LogP contribution is 2.35. The Morgan fingerprint density at radius 3 is 2.62 bits per heavy atom. The molecule has 2 aromatic carbocycles. The van der Waals surface area contributed by atoms with E-state index in [1.165, 1.54) is 13.2 Å². The van der Waals surface area contributed by atoms with Crippen LogP contribution in [0.25, 0.3) is 0 Å². The Morgan fingerprint density at radius 1 is 1.09 bits per heavy atom. The molecule has 0 radical (unpaired) electrons. The van der Waals surface area contributed by atoms with Crippen LogP contribution in [-0.4, -0.2) is 76.4 Å². The summed E-state index contributed by atoms with van der Waals surface area (Å²) in [5.74, 6) is 0.821. The van der Waals surface area contributed by atoms with Gasteiger partial charge in [-0.3, -0.25) is 9.69 Å². The summed E-state index contributed by atoms with van der Waals surface area (Å²) < 4.78 is 29.8. The molecule has 6 nitrogen and oxygen atoms in total. The van der Waals surface area contributed by atoms with Crippen LogP contribution in [0, 0.1) is 11.7 Å². The average molecular weight is 445 g/mol. The van der Waals surface area contributed by atoms with E-state index in [1.807, 2.05) is 24.3 Å². The first-order valence-corrected chi connectivity index (χ1v) is 10.9. The lowest BCUT2D eigenvalue weighted by molar-refractivity contribution is -0.136. The van der Waals surface area contributed by atoms with Gasteiger partial charge in [0.1, 0.15) is 18.2 Å². The van der Waals surface area contributed by atoms with Crippen molar-refractivity contribution in [2.75, 3.05) is 60.7 Å². The number of hydrogen-bond donors (Lipinski definition) is 0. The smallest absolute Gasteiger partial charge is 0.248 e. The van der Waals surface area contributed by atoms with Gasteiger partial charge in [0.15, 0.2) is 0 Å². The maximum Gasteiger partial charge on any atom is 0.248 e. The predicted molar refractivity (Wildman–Crippen MR) is 121 cm³/mol. The number of likely N-dealkylation sites (tertiary alicyclic amines) is 1. The van der Waals surface area contributed by atoms with Gasteiger partial charge in [0.05, 0.1) is 13.7 Å². The van der Waals surface area contributed by atoms with Crippen molar-refractivity contribution >= 4 is 5.91 Å². The summed E-state index contributed by atoms with van der Waals surface area (Å²) in [6.07, 6.45) is 0. The van der Waals surface area contributed by atoms with Crippen LogP contribution >= 0.6 is 0 Å². The third kappa shape index (κ3) is 6.28. The maximum absolute atomic E-state index is 14.0. The molecule has 1 heterocycles. The molecule has 0 saturated carbocycles. The number of ether oxygens (including phenoxy) is 3. The fraction of sp³-hybridized carbons (Fsp3) is 0.480. The Balaban J connectivity index is 1.82. The van der Waals surface area contributed by atoms with E-state index >= 15 is 0 Å². The molecule has 0 N–H and O–H groups in total. The van der Waals surface area contributed by atoms with Gasteiger partial charge < -0.3 is 19.1 Å². The Bertz CT molecular complexity index is 879. The van der Waals surface area contributed by atoms with Gasteiger partial charge in [-0.25, -0.2) is 4.39 Å². The minimum absolute atomic E-state index is 0.0337. The number of hydrogen-bond acceptors (Lipinski definition) is 5. The lowest BCUT2D eigenvalue weighted by atomic mass is 9.88. The molecule has 2 atom stereocenters. The van der Waals surface area contributed by atoms with Crippen LogP contribution in [0.3, 0.4) is 0 Å². The third-order valence-corrected chi connectivity index (χ3v) is 6.02. The first-order chi connectivity index (χ1) is 15.5. The lowest BCUT2D eigenvalue weighted by Gasteiger charge is -2.28. The molecule has 7 heteroatoms.